The fraction of sp³-hybridized carbons (Fsp3) is 0.625. The van der Waals surface area contributed by atoms with Gasteiger partial charge in [-0.3, -0.25) is 4.90 Å². The summed E-state index contributed by atoms with van der Waals surface area (Å²) in [5.74, 6) is -0.0774. The zero-order valence-electron chi connectivity index (χ0n) is 13.3. The molecule has 2 atom stereocenters. The molecule has 7 heteroatoms. The van der Waals surface area contributed by atoms with Crippen molar-refractivity contribution < 1.29 is 17.5 Å². The third-order valence-electron chi connectivity index (χ3n) is 4.83. The van der Waals surface area contributed by atoms with Crippen molar-refractivity contribution in [3.8, 4) is 0 Å². The predicted octanol–water partition coefficient (Wildman–Crippen LogP) is 1.56. The fourth-order valence-corrected chi connectivity index (χ4v) is 5.12. The van der Waals surface area contributed by atoms with Crippen molar-refractivity contribution in [1.82, 2.24) is 9.21 Å². The molecule has 0 N–H and O–H groups in total. The monoisotopic (exact) mass is 342 g/mol. The van der Waals surface area contributed by atoms with Crippen LogP contribution in [0.5, 0.6) is 0 Å². The third-order valence-corrected chi connectivity index (χ3v) is 6.67. The highest BCUT2D eigenvalue weighted by molar-refractivity contribution is 7.89. The summed E-state index contributed by atoms with van der Waals surface area (Å²) in [6.07, 6.45) is 2.08. The van der Waals surface area contributed by atoms with Crippen molar-refractivity contribution in [2.45, 2.75) is 23.8 Å². The van der Waals surface area contributed by atoms with Crippen LogP contribution in [0.2, 0.25) is 0 Å². The van der Waals surface area contributed by atoms with Crippen molar-refractivity contribution in [2.24, 2.45) is 5.92 Å². The molecular formula is C16H23FN2O3S. The summed E-state index contributed by atoms with van der Waals surface area (Å²) in [6, 6.07) is 5.33. The van der Waals surface area contributed by atoms with Gasteiger partial charge in [0, 0.05) is 39.3 Å². The van der Waals surface area contributed by atoms with Gasteiger partial charge in [0.15, 0.2) is 0 Å². The van der Waals surface area contributed by atoms with Crippen molar-refractivity contribution in [1.29, 1.82) is 0 Å². The van der Waals surface area contributed by atoms with Crippen LogP contribution in [-0.2, 0) is 14.8 Å². The molecule has 4 rings (SSSR count). The minimum absolute atomic E-state index is 0.170. The van der Waals surface area contributed by atoms with Gasteiger partial charge in [-0.05, 0) is 43.0 Å². The topological polar surface area (TPSA) is 49.9 Å². The molecule has 0 amide bonds. The summed E-state index contributed by atoms with van der Waals surface area (Å²) in [7, 11) is -1.88. The van der Waals surface area contributed by atoms with Gasteiger partial charge in [0.1, 0.15) is 5.82 Å². The molecule has 0 aromatic heterocycles. The highest BCUT2D eigenvalue weighted by Crippen LogP contribution is 2.30. The molecule has 1 aromatic carbocycles. The van der Waals surface area contributed by atoms with Gasteiger partial charge in [0.05, 0.1) is 11.5 Å². The van der Waals surface area contributed by atoms with Gasteiger partial charge in [0.2, 0.25) is 10.0 Å². The first-order valence-electron chi connectivity index (χ1n) is 7.99. The lowest BCUT2D eigenvalue weighted by Crippen LogP contribution is -2.45. The van der Waals surface area contributed by atoms with E-state index in [-0.39, 0.29) is 10.9 Å². The highest BCUT2D eigenvalue weighted by atomic mass is 32.2. The minimum Gasteiger partial charge on any atom is -0.383 e. The zero-order valence-corrected chi connectivity index (χ0v) is 14.1. The molecule has 5 nitrogen and oxygen atoms in total. The summed E-state index contributed by atoms with van der Waals surface area (Å²) < 4.78 is 45.5. The van der Waals surface area contributed by atoms with Crippen LogP contribution in [0.4, 0.5) is 4.39 Å². The molecule has 0 saturated carbocycles. The molecule has 3 heterocycles. The van der Waals surface area contributed by atoms with Gasteiger partial charge < -0.3 is 4.74 Å². The number of hydrogen-bond donors (Lipinski definition) is 0. The van der Waals surface area contributed by atoms with Crippen molar-refractivity contribution in [3.05, 3.63) is 30.1 Å². The van der Waals surface area contributed by atoms with Crippen LogP contribution in [0.1, 0.15) is 12.8 Å². The molecule has 23 heavy (non-hydrogen) atoms. The van der Waals surface area contributed by atoms with E-state index in [2.05, 4.69) is 4.90 Å². The predicted molar refractivity (Wildman–Crippen MR) is 85.1 cm³/mol. The van der Waals surface area contributed by atoms with E-state index in [1.165, 1.54) is 24.3 Å². The molecule has 0 spiro atoms. The van der Waals surface area contributed by atoms with Gasteiger partial charge in [0.25, 0.3) is 0 Å². The number of sulfonamides is 1. The van der Waals surface area contributed by atoms with Crippen LogP contribution in [0, 0.1) is 11.7 Å². The van der Waals surface area contributed by atoms with E-state index in [1.54, 1.807) is 11.4 Å². The highest BCUT2D eigenvalue weighted by Gasteiger charge is 2.39. The Morgan fingerprint density at radius 1 is 1.17 bits per heavy atom. The largest absolute Gasteiger partial charge is 0.383 e. The van der Waals surface area contributed by atoms with E-state index in [1.807, 2.05) is 0 Å². The second-order valence-corrected chi connectivity index (χ2v) is 8.30. The average Bonchev–Trinajstić information content (AvgIpc) is 2.85. The maximum absolute atomic E-state index is 13.1. The number of nitrogens with zero attached hydrogens (tertiary/aromatic N) is 2. The number of fused-ring (bicyclic) bond motifs is 4. The van der Waals surface area contributed by atoms with Crippen molar-refractivity contribution in [2.75, 3.05) is 39.9 Å². The molecule has 3 aliphatic rings. The van der Waals surface area contributed by atoms with Gasteiger partial charge >= 0.3 is 0 Å². The Kier molecular flexibility index (Phi) is 5.01. The molecular weight excluding hydrogens is 319 g/mol. The van der Waals surface area contributed by atoms with Crippen molar-refractivity contribution >= 4 is 10.0 Å². The maximum Gasteiger partial charge on any atom is 0.243 e. The third kappa shape index (κ3) is 3.57. The number of methoxy groups -OCH3 is 1. The zero-order chi connectivity index (χ0) is 16.4. The summed E-state index contributed by atoms with van der Waals surface area (Å²) >= 11 is 0. The van der Waals surface area contributed by atoms with E-state index >= 15 is 0 Å². The van der Waals surface area contributed by atoms with Gasteiger partial charge in [-0.2, -0.15) is 4.31 Å². The van der Waals surface area contributed by atoms with E-state index in [0.29, 0.717) is 25.6 Å². The van der Waals surface area contributed by atoms with Crippen molar-refractivity contribution in [3.63, 3.8) is 0 Å². The first-order chi connectivity index (χ1) is 11.0. The lowest BCUT2D eigenvalue weighted by molar-refractivity contribution is 0.0881. The Hall–Kier alpha value is -1.02. The Balaban J connectivity index is 1.80. The normalized spacial score (nSPS) is 26.3. The number of piperidine rings is 1. The van der Waals surface area contributed by atoms with E-state index in [0.717, 1.165) is 25.9 Å². The standard InChI is InChI=1S/C16H23FN2O3S/c1-22-9-8-18-10-13-2-5-15(18)12-19(11-13)23(20,21)16-6-3-14(17)4-7-16/h3-4,6-7,13,15H,2,5,8-12H2,1H3/t13-,15-/m0/s1. The Morgan fingerprint density at radius 3 is 2.61 bits per heavy atom. The summed E-state index contributed by atoms with van der Waals surface area (Å²) in [4.78, 5) is 2.52. The lowest BCUT2D eigenvalue weighted by Gasteiger charge is -2.35. The summed E-state index contributed by atoms with van der Waals surface area (Å²) in [5.41, 5.74) is 0. The maximum atomic E-state index is 13.1. The van der Waals surface area contributed by atoms with Crippen LogP contribution < -0.4 is 0 Å². The SMILES string of the molecule is COCCN1C[C@@H]2CC[C@H]1CN(S(=O)(=O)c1ccc(F)cc1)C2. The number of rotatable bonds is 5. The van der Waals surface area contributed by atoms with Gasteiger partial charge in [-0.15, -0.1) is 0 Å². The molecule has 0 unspecified atom stereocenters. The summed E-state index contributed by atoms with van der Waals surface area (Å²) in [6.45, 7) is 3.46. The van der Waals surface area contributed by atoms with E-state index < -0.39 is 15.8 Å². The summed E-state index contributed by atoms with van der Waals surface area (Å²) in [5, 5.41) is 0. The van der Waals surface area contributed by atoms with Crippen LogP contribution in [0.25, 0.3) is 0 Å². The second kappa shape index (κ2) is 6.84. The van der Waals surface area contributed by atoms with Crippen LogP contribution >= 0.6 is 0 Å². The minimum atomic E-state index is -3.56. The van der Waals surface area contributed by atoms with Gasteiger partial charge in [-0.25, -0.2) is 12.8 Å². The smallest absolute Gasteiger partial charge is 0.243 e. The molecule has 3 saturated heterocycles. The number of benzene rings is 1. The number of hydrogen-bond acceptors (Lipinski definition) is 4. The molecule has 0 radical (unpaired) electrons. The Morgan fingerprint density at radius 2 is 1.91 bits per heavy atom. The molecule has 128 valence electrons. The molecule has 1 aromatic rings. The van der Waals surface area contributed by atoms with Crippen LogP contribution in [-0.4, -0.2) is 63.6 Å². The van der Waals surface area contributed by atoms with E-state index in [9.17, 15) is 12.8 Å². The molecule has 3 fully saturated rings. The molecule has 0 aliphatic carbocycles. The van der Waals surface area contributed by atoms with Crippen LogP contribution in [0.15, 0.2) is 29.2 Å². The molecule has 3 aliphatic heterocycles. The Labute approximate surface area is 137 Å². The van der Waals surface area contributed by atoms with Gasteiger partial charge in [-0.1, -0.05) is 0 Å². The first kappa shape index (κ1) is 16.8. The second-order valence-electron chi connectivity index (χ2n) is 6.36. The number of halogens is 1. The lowest BCUT2D eigenvalue weighted by atomic mass is 9.95. The first-order valence-corrected chi connectivity index (χ1v) is 9.43. The average molecular weight is 342 g/mol. The van der Waals surface area contributed by atoms with Crippen LogP contribution in [0.3, 0.4) is 0 Å². The fourth-order valence-electron chi connectivity index (χ4n) is 3.57. The van der Waals surface area contributed by atoms with E-state index in [4.69, 9.17) is 4.74 Å². The number of ether oxygens (including phenoxy) is 1. The molecule has 2 bridgehead atoms. The quantitative estimate of drug-likeness (QED) is 0.815. The Bertz CT molecular complexity index is 635.